The number of carbonyl (C=O) groups excluding carboxylic acids is 4. The average Bonchev–Trinajstić information content (AvgIpc) is 4.39. The second-order valence-electron chi connectivity index (χ2n) is 22.5. The van der Waals surface area contributed by atoms with Crippen LogP contribution in [0.25, 0.3) is 11.1 Å². The summed E-state index contributed by atoms with van der Waals surface area (Å²) in [6.07, 6.45) is -4.59. The van der Waals surface area contributed by atoms with Crippen molar-refractivity contribution >= 4 is 23.6 Å². The number of alkyl carbamates (subject to hydrolysis) is 1. The molecule has 4 aromatic rings. The Kier molecular flexibility index (Phi) is 12.3. The first-order valence-corrected chi connectivity index (χ1v) is 27.2. The summed E-state index contributed by atoms with van der Waals surface area (Å²) in [6, 6.07) is 19.9. The van der Waals surface area contributed by atoms with Crippen LogP contribution in [-0.4, -0.2) is 193 Å². The lowest BCUT2D eigenvalue weighted by Gasteiger charge is -2.48. The predicted molar refractivity (Wildman–Crippen MR) is 272 cm³/mol. The normalized spacial score (nSPS) is 34.5. The Balaban J connectivity index is 0.698. The number of rotatable bonds is 9. The number of hydrogen-bond acceptors (Lipinski definition) is 18. The highest BCUT2D eigenvalue weighted by atomic mass is 16.7. The molecule has 0 radical (unpaired) electrons. The molecule has 410 valence electrons. The number of nitrogens with one attached hydrogen (secondary N) is 1. The summed E-state index contributed by atoms with van der Waals surface area (Å²) >= 11 is 0. The molecule has 7 aliphatic heterocycles. The molecule has 7 fully saturated rings. The molecule has 0 aromatic heterocycles. The zero-order valence-corrected chi connectivity index (χ0v) is 43.4. The van der Waals surface area contributed by atoms with Crippen LogP contribution < -0.4 is 10.1 Å². The van der Waals surface area contributed by atoms with Crippen LogP contribution in [0.3, 0.4) is 0 Å². The van der Waals surface area contributed by atoms with E-state index in [2.05, 4.69) is 39.4 Å². The number of benzene rings is 4. The third-order valence-corrected chi connectivity index (χ3v) is 18.5. The second-order valence-corrected chi connectivity index (χ2v) is 22.5. The first-order valence-electron chi connectivity index (χ1n) is 27.2. The number of carbonyl (C=O) groups is 4. The summed E-state index contributed by atoms with van der Waals surface area (Å²) < 4.78 is 55.4. The van der Waals surface area contributed by atoms with Gasteiger partial charge < -0.3 is 68.2 Å². The van der Waals surface area contributed by atoms with Gasteiger partial charge in [0.25, 0.3) is 5.91 Å². The van der Waals surface area contributed by atoms with Gasteiger partial charge in [-0.2, -0.15) is 0 Å². The van der Waals surface area contributed by atoms with E-state index in [1.807, 2.05) is 31.2 Å². The van der Waals surface area contributed by atoms with E-state index in [1.165, 1.54) is 19.2 Å². The lowest BCUT2D eigenvalue weighted by atomic mass is 9.72. The van der Waals surface area contributed by atoms with Crippen LogP contribution in [0, 0.1) is 0 Å². The number of amides is 2. The Labute approximate surface area is 449 Å². The number of aliphatic hydroxyl groups is 1. The molecule has 4 N–H and O–H groups in total. The van der Waals surface area contributed by atoms with E-state index in [0.29, 0.717) is 19.8 Å². The summed E-state index contributed by atoms with van der Waals surface area (Å²) in [4.78, 5) is 63.7. The van der Waals surface area contributed by atoms with Crippen LogP contribution in [0.4, 0.5) is 4.79 Å². The third kappa shape index (κ3) is 7.69. The number of likely N-dealkylation sites (tertiary alicyclic amines) is 1. The van der Waals surface area contributed by atoms with Crippen LogP contribution >= 0.6 is 0 Å². The first-order chi connectivity index (χ1) is 37.8. The molecule has 78 heavy (non-hydrogen) atoms. The molecule has 20 heteroatoms. The lowest BCUT2D eigenvalue weighted by molar-refractivity contribution is -0.256. The standard InChI is InChI=1S/C58H62N4O16/c1-27-51-38(61-17-18-72-55(71-3)54(61)78-51)19-42(76-27)77-41-21-58(69,20-35-44(41)50(66)46-45(48(35)64)47(63)34-13-8-14-40(70-2)43(34)49(46)65)56(67)60-22-28-15-16-29(23-60)62(28)39-26-74-52-37(25-73-53(39)52)59-57(68)75-24-36-32-11-6-4-9-30(32)31-10-5-7-12-33(31)36/h4-14,27-29,36-39,41-42,51-55,64,66,69H,15-26H2,1-3H3,(H,59,68)/t27-,28?,29?,37-,38-,39-,41-,42-,51+,52+,53+,54+,55-,58-/m0/s1. The molecule has 2 bridgehead atoms. The molecule has 10 aliphatic rings. The van der Waals surface area contributed by atoms with Crippen LogP contribution in [-0.2, 0) is 49.1 Å². The quantitative estimate of drug-likeness (QED) is 0.153. The first kappa shape index (κ1) is 50.2. The largest absolute Gasteiger partial charge is 0.507 e. The fraction of sp³-hybridized carbons (Fsp3) is 0.517. The fourth-order valence-corrected chi connectivity index (χ4v) is 15.1. The minimum absolute atomic E-state index is 0.0170. The van der Waals surface area contributed by atoms with E-state index in [9.17, 15) is 29.7 Å². The highest BCUT2D eigenvalue weighted by Crippen LogP contribution is 2.54. The van der Waals surface area contributed by atoms with Crippen molar-refractivity contribution < 1.29 is 77.1 Å². The molecule has 14 atom stereocenters. The second kappa shape index (κ2) is 19.1. The minimum Gasteiger partial charge on any atom is -0.507 e. The van der Waals surface area contributed by atoms with Crippen molar-refractivity contribution in [1.82, 2.24) is 20.0 Å². The van der Waals surface area contributed by atoms with E-state index < -0.39 is 101 Å². The van der Waals surface area contributed by atoms with Gasteiger partial charge >= 0.3 is 6.09 Å². The summed E-state index contributed by atoms with van der Waals surface area (Å²) in [6.45, 7) is 4.17. The Morgan fingerprint density at radius 1 is 0.795 bits per heavy atom. The van der Waals surface area contributed by atoms with Crippen LogP contribution in [0.15, 0.2) is 66.7 Å². The number of methoxy groups -OCH3 is 2. The smallest absolute Gasteiger partial charge is 0.407 e. The maximum Gasteiger partial charge on any atom is 0.407 e. The highest BCUT2D eigenvalue weighted by molar-refractivity contribution is 6.31. The van der Waals surface area contributed by atoms with Crippen molar-refractivity contribution in [3.63, 3.8) is 0 Å². The highest BCUT2D eigenvalue weighted by Gasteiger charge is 2.59. The number of hydrogen-bond donors (Lipinski definition) is 4. The maximum atomic E-state index is 15.3. The number of ketones is 2. The Morgan fingerprint density at radius 2 is 1.50 bits per heavy atom. The van der Waals surface area contributed by atoms with E-state index in [-0.39, 0.29) is 109 Å². The van der Waals surface area contributed by atoms with Crippen molar-refractivity contribution in [3.05, 3.63) is 111 Å². The Hall–Kier alpha value is -6.04. The van der Waals surface area contributed by atoms with Crippen molar-refractivity contribution in [3.8, 4) is 28.4 Å². The van der Waals surface area contributed by atoms with Crippen LogP contribution in [0.2, 0.25) is 0 Å². The Morgan fingerprint density at radius 3 is 2.23 bits per heavy atom. The zero-order chi connectivity index (χ0) is 53.5. The molecule has 2 amide bonds. The predicted octanol–water partition coefficient (Wildman–Crippen LogP) is 3.90. The number of piperazine rings is 1. The number of phenols is 2. The SMILES string of the molecule is COc1cccc2c1C(=O)c1c(O)c3c(c(O)c1C2=O)C[C@@](O)(C(=O)N1CC2CCC(C1)N2[C@H]1CO[C@H]2[C@@H]1OC[C@@H]2NC(=O)OCC1c2ccccc2-c2ccccc21)C[C@@H]3O[C@H]1C[C@H]2[C@H](O[C@@H]3[C@@H](OC)OCCN32)[C@H](C)O1. The molecular formula is C58H62N4O16. The van der Waals surface area contributed by atoms with Crippen molar-refractivity contribution in [1.29, 1.82) is 0 Å². The maximum absolute atomic E-state index is 15.3. The molecule has 2 unspecified atom stereocenters. The van der Waals surface area contributed by atoms with E-state index in [0.717, 1.165) is 35.1 Å². The van der Waals surface area contributed by atoms with E-state index in [1.54, 1.807) is 18.1 Å². The van der Waals surface area contributed by atoms with Crippen molar-refractivity contribution in [2.24, 2.45) is 0 Å². The monoisotopic (exact) mass is 1070 g/mol. The van der Waals surface area contributed by atoms with Gasteiger partial charge in [-0.05, 0) is 48.1 Å². The lowest BCUT2D eigenvalue weighted by Crippen LogP contribution is -2.64. The van der Waals surface area contributed by atoms with Gasteiger partial charge in [0, 0.05) is 86.7 Å². The summed E-state index contributed by atoms with van der Waals surface area (Å²) in [5, 5.41) is 40.7. The zero-order valence-electron chi connectivity index (χ0n) is 43.4. The third-order valence-electron chi connectivity index (χ3n) is 18.5. The minimum atomic E-state index is -2.21. The summed E-state index contributed by atoms with van der Waals surface area (Å²) in [7, 11) is 2.93. The fourth-order valence-electron chi connectivity index (χ4n) is 15.1. The number of nitrogens with zero attached hydrogens (tertiary/aromatic N) is 3. The molecular weight excluding hydrogens is 1010 g/mol. The molecule has 4 aromatic carbocycles. The van der Waals surface area contributed by atoms with E-state index in [4.69, 9.17) is 42.6 Å². The van der Waals surface area contributed by atoms with Gasteiger partial charge in [-0.15, -0.1) is 0 Å². The molecule has 7 heterocycles. The van der Waals surface area contributed by atoms with E-state index >= 15 is 4.79 Å². The Bertz CT molecular complexity index is 3080. The van der Waals surface area contributed by atoms with Gasteiger partial charge in [-0.25, -0.2) is 4.79 Å². The molecule has 7 saturated heterocycles. The van der Waals surface area contributed by atoms with Gasteiger partial charge in [-0.3, -0.25) is 24.2 Å². The van der Waals surface area contributed by atoms with Crippen LogP contribution in [0.5, 0.6) is 17.2 Å². The van der Waals surface area contributed by atoms with Gasteiger partial charge in [0.15, 0.2) is 24.6 Å². The number of fused-ring (bicyclic) bond motifs is 12. The van der Waals surface area contributed by atoms with Gasteiger partial charge in [0.05, 0.1) is 67.9 Å². The number of aromatic hydroxyl groups is 2. The molecule has 20 nitrogen and oxygen atoms in total. The van der Waals surface area contributed by atoms with Gasteiger partial charge in [0.2, 0.25) is 5.78 Å². The average molecular weight is 1070 g/mol. The molecule has 0 spiro atoms. The van der Waals surface area contributed by atoms with Crippen LogP contribution in [0.1, 0.15) is 98.7 Å². The summed E-state index contributed by atoms with van der Waals surface area (Å²) in [5.41, 5.74) is 1.30. The number of ether oxygens (including phenoxy) is 9. The number of morpholine rings is 1. The topological polar surface area (TPSA) is 234 Å². The summed E-state index contributed by atoms with van der Waals surface area (Å²) in [5.74, 6) is -3.24. The number of phenolic OH excluding ortho intramolecular Hbond substituents is 2. The van der Waals surface area contributed by atoms with Gasteiger partial charge in [0.1, 0.15) is 47.8 Å². The van der Waals surface area contributed by atoms with Gasteiger partial charge in [-0.1, -0.05) is 60.7 Å². The van der Waals surface area contributed by atoms with Crippen molar-refractivity contribution in [2.45, 2.75) is 130 Å². The van der Waals surface area contributed by atoms with Crippen molar-refractivity contribution in [2.75, 3.05) is 60.3 Å². The molecule has 3 aliphatic carbocycles. The molecule has 14 rings (SSSR count). The molecule has 0 saturated carbocycles.